The summed E-state index contributed by atoms with van der Waals surface area (Å²) in [5.74, 6) is 0.904. The Balaban J connectivity index is 2.47. The van der Waals surface area contributed by atoms with Crippen LogP contribution < -0.4 is 10.5 Å². The maximum atomic E-state index is 8.80. The quantitative estimate of drug-likeness (QED) is 0.386. The lowest BCUT2D eigenvalue weighted by Crippen LogP contribution is -2.14. The fraction of sp³-hybridized carbons (Fsp3) is 0.0714. The lowest BCUT2D eigenvalue weighted by Gasteiger charge is -2.13. The number of amidine groups is 1. The molecule has 0 aliphatic heterocycles. The highest BCUT2D eigenvalue weighted by Crippen LogP contribution is 2.31. The Kier molecular flexibility index (Phi) is 4.37. The van der Waals surface area contributed by atoms with Crippen LogP contribution in [0.4, 0.5) is 0 Å². The average Bonchev–Trinajstić information content (AvgIpc) is 2.42. The second-order valence-electron chi connectivity index (χ2n) is 4.14. The molecule has 20 heavy (non-hydrogen) atoms. The summed E-state index contributed by atoms with van der Waals surface area (Å²) in [6.07, 6.45) is 0. The number of nitrogens with two attached hydrogens (primary N) is 1. The third-order valence-corrected chi connectivity index (χ3v) is 3.17. The molecule has 0 aliphatic rings. The summed E-state index contributed by atoms with van der Waals surface area (Å²) in [4.78, 5) is 0. The van der Waals surface area contributed by atoms with Gasteiger partial charge in [0.2, 0.25) is 0 Å². The second-order valence-corrected chi connectivity index (χ2v) is 5.01. The Morgan fingerprint density at radius 2 is 1.70 bits per heavy atom. The summed E-state index contributed by atoms with van der Waals surface area (Å²) in [5.41, 5.74) is 6.96. The van der Waals surface area contributed by atoms with Gasteiger partial charge in [-0.25, -0.2) is 0 Å². The van der Waals surface area contributed by atoms with Crippen LogP contribution in [0.15, 0.2) is 41.6 Å². The summed E-state index contributed by atoms with van der Waals surface area (Å²) >= 11 is 11.9. The van der Waals surface area contributed by atoms with Gasteiger partial charge >= 0.3 is 0 Å². The maximum Gasteiger partial charge on any atom is 0.173 e. The first-order chi connectivity index (χ1) is 9.51. The molecule has 0 aromatic heterocycles. The van der Waals surface area contributed by atoms with Crippen molar-refractivity contribution in [2.24, 2.45) is 10.9 Å². The number of hydrogen-bond donors (Lipinski definition) is 2. The van der Waals surface area contributed by atoms with Gasteiger partial charge in [0, 0.05) is 16.1 Å². The normalized spacial score (nSPS) is 11.4. The van der Waals surface area contributed by atoms with E-state index in [-0.39, 0.29) is 5.84 Å². The zero-order valence-corrected chi connectivity index (χ0v) is 12.1. The van der Waals surface area contributed by atoms with Crippen LogP contribution in [0.25, 0.3) is 0 Å². The van der Waals surface area contributed by atoms with Crippen molar-refractivity contribution >= 4 is 29.0 Å². The van der Waals surface area contributed by atoms with Crippen LogP contribution in [0.3, 0.4) is 0 Å². The molecule has 0 heterocycles. The van der Waals surface area contributed by atoms with E-state index in [1.54, 1.807) is 30.3 Å². The molecule has 6 heteroatoms. The highest BCUT2D eigenvalue weighted by Gasteiger charge is 2.11. The molecule has 2 rings (SSSR count). The van der Waals surface area contributed by atoms with E-state index in [0.29, 0.717) is 27.1 Å². The first-order valence-corrected chi connectivity index (χ1v) is 6.48. The maximum absolute atomic E-state index is 8.80. The molecule has 104 valence electrons. The monoisotopic (exact) mass is 310 g/mol. The van der Waals surface area contributed by atoms with Crippen LogP contribution in [0.2, 0.25) is 10.0 Å². The predicted octanol–water partition coefficient (Wildman–Crippen LogP) is 4.19. The minimum atomic E-state index is -0.0589. The smallest absolute Gasteiger partial charge is 0.173 e. The Labute approximate surface area is 126 Å². The number of rotatable bonds is 3. The lowest BCUT2D eigenvalue weighted by atomic mass is 10.1. The van der Waals surface area contributed by atoms with Crippen molar-refractivity contribution in [1.82, 2.24) is 0 Å². The van der Waals surface area contributed by atoms with Crippen LogP contribution in [0.5, 0.6) is 11.5 Å². The molecule has 0 radical (unpaired) electrons. The van der Waals surface area contributed by atoms with Gasteiger partial charge in [0.15, 0.2) is 5.84 Å². The van der Waals surface area contributed by atoms with E-state index in [1.807, 2.05) is 13.0 Å². The van der Waals surface area contributed by atoms with Crippen molar-refractivity contribution in [1.29, 1.82) is 0 Å². The van der Waals surface area contributed by atoms with E-state index in [2.05, 4.69) is 5.16 Å². The Bertz CT molecular complexity index is 672. The Morgan fingerprint density at radius 3 is 2.35 bits per heavy atom. The van der Waals surface area contributed by atoms with E-state index >= 15 is 0 Å². The SMILES string of the molecule is Cc1ccc(Cl)cc1Oc1cc(Cl)ccc1C(N)=NO. The first-order valence-electron chi connectivity index (χ1n) is 5.72. The molecule has 4 nitrogen and oxygen atoms in total. The molecular weight excluding hydrogens is 299 g/mol. The van der Waals surface area contributed by atoms with Crippen LogP contribution in [-0.2, 0) is 0 Å². The zero-order valence-electron chi connectivity index (χ0n) is 10.6. The molecule has 0 saturated heterocycles. The minimum Gasteiger partial charge on any atom is -0.456 e. The van der Waals surface area contributed by atoms with E-state index in [4.69, 9.17) is 38.9 Å². The highest BCUT2D eigenvalue weighted by molar-refractivity contribution is 6.31. The van der Waals surface area contributed by atoms with Crippen LogP contribution in [0.1, 0.15) is 11.1 Å². The number of aryl methyl sites for hydroxylation is 1. The van der Waals surface area contributed by atoms with Gasteiger partial charge in [0.1, 0.15) is 11.5 Å². The molecule has 0 spiro atoms. The summed E-state index contributed by atoms with van der Waals surface area (Å²) in [5, 5.41) is 12.8. The molecule has 0 fully saturated rings. The van der Waals surface area contributed by atoms with Crippen molar-refractivity contribution in [2.45, 2.75) is 6.92 Å². The third kappa shape index (κ3) is 3.15. The summed E-state index contributed by atoms with van der Waals surface area (Å²) in [7, 11) is 0. The number of ether oxygens (including phenoxy) is 1. The van der Waals surface area contributed by atoms with Gasteiger partial charge in [-0.1, -0.05) is 34.4 Å². The number of halogens is 2. The second kappa shape index (κ2) is 6.03. The van der Waals surface area contributed by atoms with Crippen LogP contribution in [0, 0.1) is 6.92 Å². The molecule has 2 aromatic rings. The predicted molar refractivity (Wildman–Crippen MR) is 80.2 cm³/mol. The van der Waals surface area contributed by atoms with Gasteiger partial charge in [-0.2, -0.15) is 0 Å². The Hall–Kier alpha value is -1.91. The fourth-order valence-corrected chi connectivity index (χ4v) is 1.97. The first kappa shape index (κ1) is 14.5. The Morgan fingerprint density at radius 1 is 1.10 bits per heavy atom. The average molecular weight is 311 g/mol. The summed E-state index contributed by atoms with van der Waals surface area (Å²) in [6, 6.07) is 10.1. The molecule has 0 bridgehead atoms. The summed E-state index contributed by atoms with van der Waals surface area (Å²) < 4.78 is 5.78. The largest absolute Gasteiger partial charge is 0.456 e. The van der Waals surface area contributed by atoms with E-state index in [1.165, 1.54) is 0 Å². The molecule has 0 atom stereocenters. The van der Waals surface area contributed by atoms with E-state index in [0.717, 1.165) is 5.56 Å². The molecule has 0 unspecified atom stereocenters. The molecular formula is C14H12Cl2N2O2. The molecule has 0 amide bonds. The fourth-order valence-electron chi connectivity index (χ4n) is 1.65. The van der Waals surface area contributed by atoms with Gasteiger partial charge < -0.3 is 15.7 Å². The minimum absolute atomic E-state index is 0.0589. The number of oxime groups is 1. The van der Waals surface area contributed by atoms with Gasteiger partial charge in [0.05, 0.1) is 5.56 Å². The van der Waals surface area contributed by atoms with Crippen molar-refractivity contribution in [3.05, 3.63) is 57.6 Å². The van der Waals surface area contributed by atoms with Crippen molar-refractivity contribution in [3.8, 4) is 11.5 Å². The summed E-state index contributed by atoms with van der Waals surface area (Å²) in [6.45, 7) is 1.89. The molecule has 0 aliphatic carbocycles. The zero-order chi connectivity index (χ0) is 14.7. The van der Waals surface area contributed by atoms with Crippen LogP contribution in [-0.4, -0.2) is 11.0 Å². The van der Waals surface area contributed by atoms with E-state index < -0.39 is 0 Å². The van der Waals surface area contributed by atoms with E-state index in [9.17, 15) is 0 Å². The van der Waals surface area contributed by atoms with Gasteiger partial charge in [-0.15, -0.1) is 0 Å². The lowest BCUT2D eigenvalue weighted by molar-refractivity contribution is 0.318. The van der Waals surface area contributed by atoms with Gasteiger partial charge in [0.25, 0.3) is 0 Å². The number of nitrogens with zero attached hydrogens (tertiary/aromatic N) is 1. The van der Waals surface area contributed by atoms with Crippen LogP contribution >= 0.6 is 23.2 Å². The number of benzene rings is 2. The highest BCUT2D eigenvalue weighted by atomic mass is 35.5. The standard InChI is InChI=1S/C14H12Cl2N2O2/c1-8-2-3-9(15)6-12(8)20-13-7-10(16)4-5-11(13)14(17)18-19/h2-7,19H,1H3,(H2,17,18). The number of hydrogen-bond acceptors (Lipinski definition) is 3. The van der Waals surface area contributed by atoms with Crippen molar-refractivity contribution in [3.63, 3.8) is 0 Å². The van der Waals surface area contributed by atoms with Crippen molar-refractivity contribution < 1.29 is 9.94 Å². The van der Waals surface area contributed by atoms with Gasteiger partial charge in [-0.3, -0.25) is 0 Å². The van der Waals surface area contributed by atoms with Gasteiger partial charge in [-0.05, 0) is 36.8 Å². The van der Waals surface area contributed by atoms with Crippen molar-refractivity contribution in [2.75, 3.05) is 0 Å². The molecule has 0 saturated carbocycles. The molecule has 2 aromatic carbocycles. The third-order valence-electron chi connectivity index (χ3n) is 2.70. The molecule has 3 N–H and O–H groups in total. The topological polar surface area (TPSA) is 67.8 Å².